The summed E-state index contributed by atoms with van der Waals surface area (Å²) in [6.45, 7) is 7.04. The number of aromatic amines is 1. The number of nitrogens with one attached hydrogen (secondary N) is 1. The molecule has 1 aromatic heterocycles. The van der Waals surface area contributed by atoms with E-state index < -0.39 is 0 Å². The number of rotatable bonds is 5. The minimum atomic E-state index is -0.0152. The van der Waals surface area contributed by atoms with Crippen molar-refractivity contribution >= 4 is 0 Å². The molecule has 0 aliphatic carbocycles. The quantitative estimate of drug-likeness (QED) is 0.739. The third-order valence-corrected chi connectivity index (χ3v) is 5.09. The molecular weight excluding hydrogens is 350 g/mol. The van der Waals surface area contributed by atoms with Crippen LogP contribution in [0.4, 0.5) is 0 Å². The van der Waals surface area contributed by atoms with Gasteiger partial charge in [0.25, 0.3) is 5.56 Å². The molecule has 5 nitrogen and oxygen atoms in total. The van der Waals surface area contributed by atoms with Crippen LogP contribution in [-0.4, -0.2) is 28.0 Å². The Hall–Kier alpha value is -2.92. The Bertz CT molecular complexity index is 1020. The minimum absolute atomic E-state index is 0.0152. The van der Waals surface area contributed by atoms with Crippen molar-refractivity contribution in [1.82, 2.24) is 14.9 Å². The molecule has 0 amide bonds. The highest BCUT2D eigenvalue weighted by molar-refractivity contribution is 5.55. The minimum Gasteiger partial charge on any atom is -0.494 e. The Balaban J connectivity index is 1.56. The smallest absolute Gasteiger partial charge is 0.254 e. The van der Waals surface area contributed by atoms with E-state index in [0.717, 1.165) is 42.1 Å². The van der Waals surface area contributed by atoms with Crippen LogP contribution in [0.1, 0.15) is 29.3 Å². The van der Waals surface area contributed by atoms with E-state index in [0.29, 0.717) is 19.0 Å². The van der Waals surface area contributed by atoms with Gasteiger partial charge in [-0.2, -0.15) is 0 Å². The van der Waals surface area contributed by atoms with Crippen molar-refractivity contribution in [3.8, 4) is 17.1 Å². The molecule has 0 spiro atoms. The number of hydrogen-bond acceptors (Lipinski definition) is 4. The van der Waals surface area contributed by atoms with Gasteiger partial charge in [0.1, 0.15) is 11.6 Å². The molecule has 0 saturated carbocycles. The lowest BCUT2D eigenvalue weighted by atomic mass is 10.0. The summed E-state index contributed by atoms with van der Waals surface area (Å²) >= 11 is 0. The predicted octanol–water partition coefficient (Wildman–Crippen LogP) is 3.70. The van der Waals surface area contributed by atoms with Gasteiger partial charge in [-0.05, 0) is 38.0 Å². The zero-order valence-electron chi connectivity index (χ0n) is 16.4. The molecule has 1 N–H and O–H groups in total. The van der Waals surface area contributed by atoms with Crippen molar-refractivity contribution in [2.24, 2.45) is 0 Å². The molecule has 2 aromatic carbocycles. The zero-order valence-corrected chi connectivity index (χ0v) is 16.4. The number of aryl methyl sites for hydroxylation is 1. The molecule has 1 aliphatic heterocycles. The van der Waals surface area contributed by atoms with Gasteiger partial charge in [0.15, 0.2) is 0 Å². The van der Waals surface area contributed by atoms with Gasteiger partial charge in [-0.25, -0.2) is 4.98 Å². The third-order valence-electron chi connectivity index (χ3n) is 5.09. The molecule has 2 heterocycles. The Labute approximate surface area is 165 Å². The standard InChI is InChI=1S/C23H25N3O2/c1-3-28-19-6-4-5-17(13-19)14-26-12-11-20-21(15-26)24-22(25-23(20)27)18-9-7-16(2)8-10-18/h4-10,13H,3,11-12,14-15H2,1-2H3,(H,24,25,27). The summed E-state index contributed by atoms with van der Waals surface area (Å²) in [6, 6.07) is 16.3. The molecule has 0 atom stereocenters. The SMILES string of the molecule is CCOc1cccc(CN2CCc3c(nc(-c4ccc(C)cc4)[nH]c3=O)C2)c1. The van der Waals surface area contributed by atoms with Crippen LogP contribution in [0.25, 0.3) is 11.4 Å². The van der Waals surface area contributed by atoms with Gasteiger partial charge < -0.3 is 9.72 Å². The predicted molar refractivity (Wildman–Crippen MR) is 110 cm³/mol. The Morgan fingerprint density at radius 2 is 2.00 bits per heavy atom. The van der Waals surface area contributed by atoms with Gasteiger partial charge in [-0.1, -0.05) is 42.0 Å². The fraction of sp³-hybridized carbons (Fsp3) is 0.304. The monoisotopic (exact) mass is 375 g/mol. The van der Waals surface area contributed by atoms with Gasteiger partial charge in [0.2, 0.25) is 0 Å². The Kier molecular flexibility index (Phi) is 5.26. The summed E-state index contributed by atoms with van der Waals surface area (Å²) in [5.41, 5.74) is 5.01. The van der Waals surface area contributed by atoms with Crippen LogP contribution in [0.2, 0.25) is 0 Å². The van der Waals surface area contributed by atoms with E-state index in [1.165, 1.54) is 11.1 Å². The first-order valence-corrected chi connectivity index (χ1v) is 9.75. The largest absolute Gasteiger partial charge is 0.494 e. The van der Waals surface area contributed by atoms with Crippen LogP contribution in [-0.2, 0) is 19.5 Å². The van der Waals surface area contributed by atoms with Gasteiger partial charge in [0, 0.05) is 30.8 Å². The fourth-order valence-electron chi connectivity index (χ4n) is 3.64. The molecule has 0 bridgehead atoms. The summed E-state index contributed by atoms with van der Waals surface area (Å²) in [4.78, 5) is 22.7. The molecular formula is C23H25N3O2. The first-order valence-electron chi connectivity index (χ1n) is 9.75. The molecule has 1 aliphatic rings. The average molecular weight is 375 g/mol. The van der Waals surface area contributed by atoms with Crippen LogP contribution >= 0.6 is 0 Å². The van der Waals surface area contributed by atoms with E-state index in [2.05, 4.69) is 22.0 Å². The van der Waals surface area contributed by atoms with E-state index in [-0.39, 0.29) is 5.56 Å². The van der Waals surface area contributed by atoms with E-state index >= 15 is 0 Å². The lowest BCUT2D eigenvalue weighted by Crippen LogP contribution is -2.35. The highest BCUT2D eigenvalue weighted by atomic mass is 16.5. The van der Waals surface area contributed by atoms with Crippen LogP contribution in [0.3, 0.4) is 0 Å². The first-order chi connectivity index (χ1) is 13.6. The summed E-state index contributed by atoms with van der Waals surface area (Å²) in [5, 5.41) is 0. The summed E-state index contributed by atoms with van der Waals surface area (Å²) in [7, 11) is 0. The van der Waals surface area contributed by atoms with E-state index in [4.69, 9.17) is 9.72 Å². The maximum atomic E-state index is 12.6. The molecule has 4 rings (SSSR count). The molecule has 0 fully saturated rings. The van der Waals surface area contributed by atoms with E-state index in [1.807, 2.05) is 50.2 Å². The number of nitrogens with zero attached hydrogens (tertiary/aromatic N) is 2. The van der Waals surface area contributed by atoms with Crippen LogP contribution < -0.4 is 10.3 Å². The molecule has 28 heavy (non-hydrogen) atoms. The normalized spacial score (nSPS) is 13.9. The number of fused-ring (bicyclic) bond motifs is 1. The van der Waals surface area contributed by atoms with Crippen LogP contribution in [0.15, 0.2) is 53.3 Å². The first kappa shape index (κ1) is 18.4. The van der Waals surface area contributed by atoms with Crippen molar-refractivity contribution in [2.75, 3.05) is 13.2 Å². The number of benzene rings is 2. The molecule has 0 radical (unpaired) electrons. The van der Waals surface area contributed by atoms with Crippen LogP contribution in [0, 0.1) is 6.92 Å². The summed E-state index contributed by atoms with van der Waals surface area (Å²) < 4.78 is 5.60. The molecule has 5 heteroatoms. The fourth-order valence-corrected chi connectivity index (χ4v) is 3.64. The van der Waals surface area contributed by atoms with Crippen molar-refractivity contribution in [3.05, 3.63) is 81.3 Å². The Morgan fingerprint density at radius 1 is 1.18 bits per heavy atom. The van der Waals surface area contributed by atoms with Gasteiger partial charge in [-0.15, -0.1) is 0 Å². The second-order valence-corrected chi connectivity index (χ2v) is 7.25. The van der Waals surface area contributed by atoms with E-state index in [9.17, 15) is 4.79 Å². The zero-order chi connectivity index (χ0) is 19.5. The lowest BCUT2D eigenvalue weighted by molar-refractivity contribution is 0.240. The topological polar surface area (TPSA) is 58.2 Å². The highest BCUT2D eigenvalue weighted by Crippen LogP contribution is 2.21. The summed E-state index contributed by atoms with van der Waals surface area (Å²) in [5.74, 6) is 1.54. The summed E-state index contributed by atoms with van der Waals surface area (Å²) in [6.07, 6.45) is 0.719. The third kappa shape index (κ3) is 3.99. The Morgan fingerprint density at radius 3 is 2.79 bits per heavy atom. The number of aromatic nitrogens is 2. The second-order valence-electron chi connectivity index (χ2n) is 7.25. The van der Waals surface area contributed by atoms with Gasteiger partial charge in [0.05, 0.1) is 12.3 Å². The van der Waals surface area contributed by atoms with Crippen molar-refractivity contribution < 1.29 is 4.74 Å². The number of hydrogen-bond donors (Lipinski definition) is 1. The number of ether oxygens (including phenoxy) is 1. The molecule has 144 valence electrons. The average Bonchev–Trinajstić information content (AvgIpc) is 2.69. The number of H-pyrrole nitrogens is 1. The molecule has 0 saturated heterocycles. The van der Waals surface area contributed by atoms with E-state index in [1.54, 1.807) is 0 Å². The van der Waals surface area contributed by atoms with Crippen molar-refractivity contribution in [3.63, 3.8) is 0 Å². The van der Waals surface area contributed by atoms with Crippen LogP contribution in [0.5, 0.6) is 5.75 Å². The van der Waals surface area contributed by atoms with Gasteiger partial charge >= 0.3 is 0 Å². The maximum Gasteiger partial charge on any atom is 0.254 e. The highest BCUT2D eigenvalue weighted by Gasteiger charge is 2.21. The molecule has 0 unspecified atom stereocenters. The lowest BCUT2D eigenvalue weighted by Gasteiger charge is -2.27. The maximum absolute atomic E-state index is 12.6. The van der Waals surface area contributed by atoms with Gasteiger partial charge in [-0.3, -0.25) is 9.69 Å². The second kappa shape index (κ2) is 7.98. The molecule has 3 aromatic rings. The van der Waals surface area contributed by atoms with Crippen molar-refractivity contribution in [1.29, 1.82) is 0 Å². The van der Waals surface area contributed by atoms with Crippen molar-refractivity contribution in [2.45, 2.75) is 33.4 Å².